The molecule has 3 aliphatic carbocycles. The summed E-state index contributed by atoms with van der Waals surface area (Å²) in [7, 11) is 0. The molecule has 3 fully saturated rings. The summed E-state index contributed by atoms with van der Waals surface area (Å²) in [6.07, 6.45) is 3.05. The van der Waals surface area contributed by atoms with Crippen LogP contribution in [0.3, 0.4) is 0 Å². The standard InChI is InChI=1S/C27H36NO8/c1-9-28-15(4)35-21-20-13(2)17(30)11-27(33,24(20,6)7)14(3)22-25(8,23(21)32)18(31)10-19-26(22,12-34-19)36-16(5)29/h14,17-19,21-22,30-31,33H,10-12H2,2-8H3/q+1/t14-,17?,18?,19?,21?,22?,25+,26?,27?/m0/s1. The summed E-state index contributed by atoms with van der Waals surface area (Å²) in [5, 5.41) is 35.0. The molecule has 1 saturated heterocycles. The second-order valence-electron chi connectivity index (χ2n) is 11.6. The predicted molar refractivity (Wildman–Crippen MR) is 128 cm³/mol. The molecule has 0 aromatic heterocycles. The third-order valence-electron chi connectivity index (χ3n) is 9.66. The summed E-state index contributed by atoms with van der Waals surface area (Å²) in [4.78, 5) is 30.6. The van der Waals surface area contributed by atoms with E-state index in [1.165, 1.54) is 13.8 Å². The molecule has 3 N–H and O–H groups in total. The van der Waals surface area contributed by atoms with Crippen molar-refractivity contribution in [2.24, 2.45) is 27.7 Å². The summed E-state index contributed by atoms with van der Waals surface area (Å²) in [6.45, 7) is 11.5. The molecule has 4 aliphatic rings. The number of hydrogen-bond donors (Lipinski definition) is 3. The number of rotatable bonds is 2. The van der Waals surface area contributed by atoms with Crippen LogP contribution in [0.4, 0.5) is 0 Å². The van der Waals surface area contributed by atoms with Gasteiger partial charge >= 0.3 is 212 Å². The summed E-state index contributed by atoms with van der Waals surface area (Å²) in [6, 6.07) is 1.90. The Bertz CT molecular complexity index is 1090. The molecule has 9 heteroatoms. The number of carbonyl (C=O) groups is 2. The van der Waals surface area contributed by atoms with Crippen LogP contribution < -0.4 is 0 Å². The van der Waals surface area contributed by atoms with E-state index in [0.717, 1.165) is 0 Å². The van der Waals surface area contributed by atoms with Gasteiger partial charge in [-0.2, -0.15) is 0 Å². The zero-order chi connectivity index (χ0) is 27.0. The van der Waals surface area contributed by atoms with E-state index in [9.17, 15) is 24.9 Å². The van der Waals surface area contributed by atoms with Crippen molar-refractivity contribution >= 4 is 17.7 Å². The fourth-order valence-corrected chi connectivity index (χ4v) is 7.75. The number of hydrogen-bond acceptors (Lipinski definition) is 9. The Morgan fingerprint density at radius 2 is 1.89 bits per heavy atom. The zero-order valence-electron chi connectivity index (χ0n) is 21.9. The molecule has 9 atom stereocenters. The zero-order valence-corrected chi connectivity index (χ0v) is 21.9. The van der Waals surface area contributed by atoms with E-state index in [1.54, 1.807) is 20.8 Å². The number of nitrogens with zero attached hydrogens (tertiary/aromatic N) is 1. The van der Waals surface area contributed by atoms with Crippen LogP contribution in [0.25, 0.3) is 0 Å². The minimum absolute atomic E-state index is 0.00155. The van der Waals surface area contributed by atoms with Crippen molar-refractivity contribution in [1.82, 2.24) is 0 Å². The number of aliphatic imine (C=N–C) groups is 1. The van der Waals surface area contributed by atoms with E-state index in [0.29, 0.717) is 11.1 Å². The van der Waals surface area contributed by atoms with E-state index in [1.807, 2.05) is 19.9 Å². The van der Waals surface area contributed by atoms with Gasteiger partial charge in [0.05, 0.1) is 0 Å². The van der Waals surface area contributed by atoms with Crippen LogP contribution in [-0.4, -0.2) is 75.2 Å². The quantitative estimate of drug-likeness (QED) is 0.129. The van der Waals surface area contributed by atoms with Crippen LogP contribution in [0.1, 0.15) is 61.3 Å². The van der Waals surface area contributed by atoms with Gasteiger partial charge in [0, 0.05) is 0 Å². The molecule has 2 bridgehead atoms. The molecule has 7 unspecified atom stereocenters. The molecule has 1 aliphatic heterocycles. The second-order valence-corrected chi connectivity index (χ2v) is 11.6. The first kappa shape index (κ1) is 27.0. The van der Waals surface area contributed by atoms with E-state index in [4.69, 9.17) is 20.6 Å². The fraction of sp³-hybridized carbons (Fsp3) is 0.741. The van der Waals surface area contributed by atoms with Crippen molar-refractivity contribution in [1.29, 1.82) is 0 Å². The number of ketones is 1. The van der Waals surface area contributed by atoms with Gasteiger partial charge in [-0.25, -0.2) is 0 Å². The average Bonchev–Trinajstić information content (AvgIpc) is 2.77. The summed E-state index contributed by atoms with van der Waals surface area (Å²) < 4.78 is 17.7. The van der Waals surface area contributed by atoms with Crippen molar-refractivity contribution in [3.8, 4) is 6.04 Å². The average molecular weight is 503 g/mol. The summed E-state index contributed by atoms with van der Waals surface area (Å²) in [5.74, 6) is -2.57. The van der Waals surface area contributed by atoms with Gasteiger partial charge in [0.25, 0.3) is 0 Å². The van der Waals surface area contributed by atoms with Gasteiger partial charge in [0.2, 0.25) is 0 Å². The van der Waals surface area contributed by atoms with Gasteiger partial charge in [-0.3, -0.25) is 0 Å². The Morgan fingerprint density at radius 3 is 2.42 bits per heavy atom. The number of Topliss-reactive ketones (excluding diaryl/α,β-unsaturated/α-hetero) is 1. The monoisotopic (exact) mass is 502 g/mol. The Morgan fingerprint density at radius 1 is 1.25 bits per heavy atom. The first-order valence-electron chi connectivity index (χ1n) is 12.4. The van der Waals surface area contributed by atoms with E-state index >= 15 is 0 Å². The topological polar surface area (TPSA) is 135 Å². The number of carbonyl (C=O) groups excluding carboxylic acids is 2. The third kappa shape index (κ3) is 3.33. The van der Waals surface area contributed by atoms with Gasteiger partial charge < -0.3 is 0 Å². The number of aliphatic hydroxyl groups excluding tert-OH is 2. The maximum absolute atomic E-state index is 14.6. The molecule has 4 rings (SSSR count). The first-order valence-corrected chi connectivity index (χ1v) is 12.4. The predicted octanol–water partition coefficient (Wildman–Crippen LogP) is 1.48. The summed E-state index contributed by atoms with van der Waals surface area (Å²) in [5.41, 5.74) is -4.46. The molecule has 0 aromatic rings. The Labute approximate surface area is 211 Å². The van der Waals surface area contributed by atoms with E-state index in [2.05, 4.69) is 4.99 Å². The van der Waals surface area contributed by atoms with Crippen LogP contribution in [-0.2, 0) is 23.8 Å². The third-order valence-corrected chi connectivity index (χ3v) is 9.66. The molecule has 2 saturated carbocycles. The molecule has 36 heavy (non-hydrogen) atoms. The van der Waals surface area contributed by atoms with Crippen molar-refractivity contribution < 1.29 is 39.1 Å². The number of aliphatic hydroxyl groups is 3. The van der Waals surface area contributed by atoms with E-state index in [-0.39, 0.29) is 25.3 Å². The van der Waals surface area contributed by atoms with Crippen molar-refractivity contribution in [3.63, 3.8) is 0 Å². The van der Waals surface area contributed by atoms with E-state index < -0.39 is 70.0 Å². The molecular formula is C27H36NO8+. The van der Waals surface area contributed by atoms with Gasteiger partial charge in [-0.1, -0.05) is 0 Å². The summed E-state index contributed by atoms with van der Waals surface area (Å²) >= 11 is 0. The van der Waals surface area contributed by atoms with Gasteiger partial charge in [-0.15, -0.1) is 0 Å². The minimum atomic E-state index is -1.57. The van der Waals surface area contributed by atoms with Crippen molar-refractivity contribution in [3.05, 3.63) is 17.6 Å². The van der Waals surface area contributed by atoms with Crippen LogP contribution >= 0.6 is 0 Å². The molecule has 0 radical (unpaired) electrons. The normalized spacial score (nSPS) is 45.9. The van der Waals surface area contributed by atoms with Crippen molar-refractivity contribution in [2.45, 2.75) is 96.9 Å². The molecule has 1 heterocycles. The maximum atomic E-state index is 14.6. The van der Waals surface area contributed by atoms with Crippen LogP contribution in [0.15, 0.2) is 16.1 Å². The van der Waals surface area contributed by atoms with Crippen LogP contribution in [0.2, 0.25) is 0 Å². The molecular weight excluding hydrogens is 466 g/mol. The first-order chi connectivity index (χ1) is 16.6. The number of fused-ring (bicyclic) bond motifs is 5. The molecule has 9 nitrogen and oxygen atoms in total. The Hall–Kier alpha value is -2.03. The van der Waals surface area contributed by atoms with Gasteiger partial charge in [-0.05, 0) is 0 Å². The molecule has 0 aromatic carbocycles. The van der Waals surface area contributed by atoms with Crippen molar-refractivity contribution in [2.75, 3.05) is 6.61 Å². The number of ether oxygens (including phenoxy) is 3. The fourth-order valence-electron chi connectivity index (χ4n) is 7.75. The molecule has 0 amide bonds. The number of esters is 1. The SMILES string of the molecule is [C+]#CN=C(C)OC1C(=O)[C@]2(C)C(O)CC3OCC3(OC(C)=O)C2[C@H](C)C2(O)CC(O)C(C)=C1C2(C)C. The van der Waals surface area contributed by atoms with Gasteiger partial charge in [0.1, 0.15) is 0 Å². The Kier molecular flexibility index (Phi) is 6.38. The second kappa shape index (κ2) is 8.50. The van der Waals surface area contributed by atoms with Gasteiger partial charge in [0.15, 0.2) is 0 Å². The Balaban J connectivity index is 2.05. The molecule has 0 spiro atoms. The molecule has 196 valence electrons. The van der Waals surface area contributed by atoms with Crippen LogP contribution in [0, 0.1) is 35.1 Å². The van der Waals surface area contributed by atoms with Crippen LogP contribution in [0.5, 0.6) is 0 Å².